The number of furan rings is 1. The lowest BCUT2D eigenvalue weighted by molar-refractivity contribution is 0.0949. The van der Waals surface area contributed by atoms with E-state index in [9.17, 15) is 4.79 Å². The fraction of sp³-hybridized carbons (Fsp3) is 0.263. The van der Waals surface area contributed by atoms with Gasteiger partial charge in [0.15, 0.2) is 10.8 Å². The van der Waals surface area contributed by atoms with Crippen molar-refractivity contribution in [3.05, 3.63) is 53.6 Å². The molecule has 0 radical (unpaired) electrons. The molecule has 1 aliphatic heterocycles. The topological polar surface area (TPSA) is 64.4 Å². The highest BCUT2D eigenvalue weighted by Gasteiger charge is 2.23. The number of ether oxygens (including phenoxy) is 1. The summed E-state index contributed by atoms with van der Waals surface area (Å²) in [4.78, 5) is 18.0. The highest BCUT2D eigenvalue weighted by Crippen LogP contribution is 2.34. The molecule has 4 rings (SSSR count). The molecule has 1 aliphatic rings. The number of nitrogens with zero attached hydrogens (tertiary/aromatic N) is 1. The molecule has 1 aromatic carbocycles. The maximum atomic E-state index is 12.8. The molecule has 0 saturated carbocycles. The molecule has 25 heavy (non-hydrogen) atoms. The van der Waals surface area contributed by atoms with Gasteiger partial charge in [-0.15, -0.1) is 11.3 Å². The van der Waals surface area contributed by atoms with E-state index in [1.54, 1.807) is 6.26 Å². The maximum Gasteiger partial charge on any atom is 0.263 e. The number of aromatic nitrogens is 1. The van der Waals surface area contributed by atoms with Crippen molar-refractivity contribution < 1.29 is 13.9 Å². The van der Waals surface area contributed by atoms with E-state index >= 15 is 0 Å². The third-order valence-electron chi connectivity index (χ3n) is 4.19. The molecule has 128 valence electrons. The van der Waals surface area contributed by atoms with Crippen molar-refractivity contribution in [2.75, 3.05) is 19.8 Å². The Bertz CT molecular complexity index is 837. The summed E-state index contributed by atoms with van der Waals surface area (Å²) in [6.45, 7) is 2.12. The second kappa shape index (κ2) is 7.21. The van der Waals surface area contributed by atoms with E-state index < -0.39 is 0 Å². The lowest BCUT2D eigenvalue weighted by atomic mass is 10.1. The second-order valence-electron chi connectivity index (χ2n) is 5.98. The molecular weight excluding hydrogens is 336 g/mol. The SMILES string of the molecule is O=C(NCC1CCOC1)c1sc(-c2ccco2)nc1-c1ccccc1. The molecule has 1 N–H and O–H groups in total. The highest BCUT2D eigenvalue weighted by molar-refractivity contribution is 7.17. The van der Waals surface area contributed by atoms with Crippen LogP contribution in [0.3, 0.4) is 0 Å². The van der Waals surface area contributed by atoms with Gasteiger partial charge in [-0.2, -0.15) is 0 Å². The Labute approximate surface area is 149 Å². The number of benzene rings is 1. The number of amides is 1. The maximum absolute atomic E-state index is 12.8. The van der Waals surface area contributed by atoms with Crippen LogP contribution in [0.25, 0.3) is 22.0 Å². The Kier molecular flexibility index (Phi) is 4.63. The molecule has 1 fully saturated rings. The van der Waals surface area contributed by atoms with Crippen LogP contribution >= 0.6 is 11.3 Å². The van der Waals surface area contributed by atoms with Gasteiger partial charge in [0.2, 0.25) is 0 Å². The fourth-order valence-electron chi connectivity index (χ4n) is 2.83. The Morgan fingerprint density at radius 2 is 2.12 bits per heavy atom. The van der Waals surface area contributed by atoms with Gasteiger partial charge in [-0.05, 0) is 18.6 Å². The van der Waals surface area contributed by atoms with E-state index in [4.69, 9.17) is 9.15 Å². The van der Waals surface area contributed by atoms with E-state index in [-0.39, 0.29) is 5.91 Å². The molecule has 2 aromatic heterocycles. The quantitative estimate of drug-likeness (QED) is 0.756. The minimum absolute atomic E-state index is 0.0962. The van der Waals surface area contributed by atoms with Gasteiger partial charge in [0.05, 0.1) is 18.6 Å². The van der Waals surface area contributed by atoms with Crippen LogP contribution in [-0.4, -0.2) is 30.6 Å². The summed E-state index contributed by atoms with van der Waals surface area (Å²) < 4.78 is 10.8. The van der Waals surface area contributed by atoms with E-state index in [0.29, 0.717) is 40.4 Å². The highest BCUT2D eigenvalue weighted by atomic mass is 32.1. The van der Waals surface area contributed by atoms with Crippen LogP contribution < -0.4 is 5.32 Å². The van der Waals surface area contributed by atoms with Crippen molar-refractivity contribution in [3.8, 4) is 22.0 Å². The number of rotatable bonds is 5. The number of nitrogens with one attached hydrogen (secondary N) is 1. The molecule has 0 aliphatic carbocycles. The minimum atomic E-state index is -0.0962. The van der Waals surface area contributed by atoms with Gasteiger partial charge < -0.3 is 14.5 Å². The predicted octanol–water partition coefficient (Wildman–Crippen LogP) is 3.84. The molecule has 1 atom stereocenters. The van der Waals surface area contributed by atoms with Crippen molar-refractivity contribution in [3.63, 3.8) is 0 Å². The third-order valence-corrected chi connectivity index (χ3v) is 5.26. The minimum Gasteiger partial charge on any atom is -0.462 e. The lowest BCUT2D eigenvalue weighted by Crippen LogP contribution is -2.29. The first-order valence-corrected chi connectivity index (χ1v) is 9.09. The molecule has 1 saturated heterocycles. The van der Waals surface area contributed by atoms with Crippen LogP contribution in [0.1, 0.15) is 16.1 Å². The van der Waals surface area contributed by atoms with Gasteiger partial charge in [-0.1, -0.05) is 30.3 Å². The molecule has 1 amide bonds. The number of carbonyl (C=O) groups excluding carboxylic acids is 1. The molecule has 0 bridgehead atoms. The Balaban J connectivity index is 1.63. The first-order chi connectivity index (χ1) is 12.3. The third kappa shape index (κ3) is 3.50. The van der Waals surface area contributed by atoms with Crippen molar-refractivity contribution in [2.24, 2.45) is 5.92 Å². The number of carbonyl (C=O) groups is 1. The van der Waals surface area contributed by atoms with Crippen molar-refractivity contribution in [1.29, 1.82) is 0 Å². The average molecular weight is 354 g/mol. The van der Waals surface area contributed by atoms with Crippen LogP contribution in [0.15, 0.2) is 53.1 Å². The molecule has 1 unspecified atom stereocenters. The zero-order chi connectivity index (χ0) is 17.1. The molecule has 5 nitrogen and oxygen atoms in total. The zero-order valence-electron chi connectivity index (χ0n) is 13.6. The van der Waals surface area contributed by atoms with E-state index in [1.807, 2.05) is 42.5 Å². The summed E-state index contributed by atoms with van der Waals surface area (Å²) in [5.41, 5.74) is 1.61. The van der Waals surface area contributed by atoms with Crippen LogP contribution in [-0.2, 0) is 4.74 Å². The molecule has 3 heterocycles. The summed E-state index contributed by atoms with van der Waals surface area (Å²) in [5, 5.41) is 3.74. The molecule has 3 aromatic rings. The fourth-order valence-corrected chi connectivity index (χ4v) is 3.81. The van der Waals surface area contributed by atoms with Crippen LogP contribution in [0, 0.1) is 5.92 Å². The van der Waals surface area contributed by atoms with Crippen molar-refractivity contribution in [2.45, 2.75) is 6.42 Å². The first kappa shape index (κ1) is 16.1. The van der Waals surface area contributed by atoms with Crippen LogP contribution in [0.5, 0.6) is 0 Å². The molecular formula is C19H18N2O3S. The van der Waals surface area contributed by atoms with Crippen molar-refractivity contribution >= 4 is 17.2 Å². The summed E-state index contributed by atoms with van der Waals surface area (Å²) >= 11 is 1.35. The Hall–Kier alpha value is -2.44. The number of hydrogen-bond acceptors (Lipinski definition) is 5. The standard InChI is InChI=1S/C19H18N2O3S/c22-18(20-11-13-8-10-23-12-13)17-16(14-5-2-1-3-6-14)21-19(25-17)15-7-4-9-24-15/h1-7,9,13H,8,10-12H2,(H,20,22). The van der Waals surface area contributed by atoms with Gasteiger partial charge >= 0.3 is 0 Å². The largest absolute Gasteiger partial charge is 0.462 e. The van der Waals surface area contributed by atoms with Gasteiger partial charge in [-0.25, -0.2) is 4.98 Å². The molecule has 0 spiro atoms. The normalized spacial score (nSPS) is 16.9. The molecule has 6 heteroatoms. The number of thiazole rings is 1. The Morgan fingerprint density at radius 3 is 2.84 bits per heavy atom. The predicted molar refractivity (Wildman–Crippen MR) is 96.5 cm³/mol. The van der Waals surface area contributed by atoms with Crippen LogP contribution in [0.2, 0.25) is 0 Å². The summed E-state index contributed by atoms with van der Waals surface area (Å²) in [7, 11) is 0. The zero-order valence-corrected chi connectivity index (χ0v) is 14.4. The van der Waals surface area contributed by atoms with Crippen LogP contribution in [0.4, 0.5) is 0 Å². The van der Waals surface area contributed by atoms with Gasteiger partial charge in [0.25, 0.3) is 5.91 Å². The van der Waals surface area contributed by atoms with Gasteiger partial charge in [-0.3, -0.25) is 4.79 Å². The first-order valence-electron chi connectivity index (χ1n) is 8.27. The van der Waals surface area contributed by atoms with Gasteiger partial charge in [0.1, 0.15) is 4.88 Å². The summed E-state index contributed by atoms with van der Waals surface area (Å²) in [6, 6.07) is 13.4. The lowest BCUT2D eigenvalue weighted by Gasteiger charge is -2.09. The average Bonchev–Trinajstić information content (AvgIpc) is 3.41. The van der Waals surface area contributed by atoms with E-state index in [1.165, 1.54) is 11.3 Å². The van der Waals surface area contributed by atoms with E-state index in [0.717, 1.165) is 18.6 Å². The summed E-state index contributed by atoms with van der Waals surface area (Å²) in [5.74, 6) is 0.966. The van der Waals surface area contributed by atoms with Crippen molar-refractivity contribution in [1.82, 2.24) is 10.3 Å². The smallest absolute Gasteiger partial charge is 0.263 e. The second-order valence-corrected chi connectivity index (χ2v) is 6.98. The Morgan fingerprint density at radius 1 is 1.24 bits per heavy atom. The van der Waals surface area contributed by atoms with Gasteiger partial charge in [0, 0.05) is 24.6 Å². The summed E-state index contributed by atoms with van der Waals surface area (Å²) in [6.07, 6.45) is 2.60. The van der Waals surface area contributed by atoms with E-state index in [2.05, 4.69) is 10.3 Å². The monoisotopic (exact) mass is 354 g/mol. The number of hydrogen-bond donors (Lipinski definition) is 1.